The minimum atomic E-state index is 0.0844. The molecule has 2 aromatic carbocycles. The minimum Gasteiger partial charge on any atom is -0.102 e. The second-order valence-corrected chi connectivity index (χ2v) is 11.1. The van der Waals surface area contributed by atoms with Crippen LogP contribution in [-0.2, 0) is 0 Å². The van der Waals surface area contributed by atoms with E-state index in [9.17, 15) is 0 Å². The zero-order valence-electron chi connectivity index (χ0n) is 25.5. The number of fused-ring (bicyclic) bond motifs is 1. The van der Waals surface area contributed by atoms with Crippen molar-refractivity contribution in [2.75, 3.05) is 0 Å². The van der Waals surface area contributed by atoms with Crippen LogP contribution in [0.15, 0.2) is 172 Å². The van der Waals surface area contributed by atoms with Crippen molar-refractivity contribution >= 4 is 29.9 Å². The third-order valence-corrected chi connectivity index (χ3v) is 9.14. The molecule has 0 amide bonds. The molecule has 3 aliphatic rings. The number of benzene rings is 2. The van der Waals surface area contributed by atoms with Crippen molar-refractivity contribution in [3.63, 3.8) is 0 Å². The number of allylic oxidation sites excluding steroid dienone is 16. The predicted molar refractivity (Wildman–Crippen MR) is 196 cm³/mol. The summed E-state index contributed by atoms with van der Waals surface area (Å²) in [7, 11) is 0. The van der Waals surface area contributed by atoms with Crippen molar-refractivity contribution in [1.29, 1.82) is 0 Å². The van der Waals surface area contributed by atoms with Crippen LogP contribution in [0.25, 0.3) is 41.0 Å². The molecule has 0 aliphatic heterocycles. The maximum absolute atomic E-state index is 4.33. The first-order valence-corrected chi connectivity index (χ1v) is 15.1. The van der Waals surface area contributed by atoms with E-state index in [0.29, 0.717) is 0 Å². The Morgan fingerprint density at radius 3 is 1.68 bits per heavy atom. The predicted octanol–water partition coefficient (Wildman–Crippen LogP) is 11.8. The van der Waals surface area contributed by atoms with E-state index in [4.69, 9.17) is 0 Å². The second kappa shape index (κ2) is 13.0. The Balaban J connectivity index is 1.83. The third-order valence-electron chi connectivity index (χ3n) is 9.14. The molecule has 0 spiro atoms. The van der Waals surface area contributed by atoms with Crippen molar-refractivity contribution in [3.05, 3.63) is 200 Å². The van der Waals surface area contributed by atoms with Crippen molar-refractivity contribution in [2.24, 2.45) is 23.7 Å². The fourth-order valence-corrected chi connectivity index (χ4v) is 7.19. The largest absolute Gasteiger partial charge is 0.102 e. The van der Waals surface area contributed by atoms with Crippen LogP contribution < -0.4 is 0 Å². The summed E-state index contributed by atoms with van der Waals surface area (Å²) in [6.45, 7) is 33.6. The van der Waals surface area contributed by atoms with Crippen LogP contribution in [0, 0.1) is 23.7 Å². The van der Waals surface area contributed by atoms with Crippen LogP contribution in [0.3, 0.4) is 0 Å². The van der Waals surface area contributed by atoms with Gasteiger partial charge in [0.05, 0.1) is 0 Å². The fourth-order valence-electron chi connectivity index (χ4n) is 7.19. The van der Waals surface area contributed by atoms with E-state index in [1.165, 1.54) is 16.7 Å². The van der Waals surface area contributed by atoms with Gasteiger partial charge in [0.25, 0.3) is 0 Å². The molecule has 0 N–H and O–H groups in total. The Morgan fingerprint density at radius 2 is 1.09 bits per heavy atom. The molecule has 0 radical (unpaired) electrons. The third kappa shape index (κ3) is 4.83. The summed E-state index contributed by atoms with van der Waals surface area (Å²) in [5, 5.41) is 0. The zero-order chi connectivity index (χ0) is 31.4. The van der Waals surface area contributed by atoms with Gasteiger partial charge in [-0.25, -0.2) is 0 Å². The van der Waals surface area contributed by atoms with E-state index in [-0.39, 0.29) is 23.7 Å². The maximum atomic E-state index is 4.33. The molecule has 0 nitrogen and oxygen atoms in total. The molecule has 0 aromatic heterocycles. The van der Waals surface area contributed by atoms with Crippen LogP contribution in [0.2, 0.25) is 0 Å². The number of hydrogen-bond acceptors (Lipinski definition) is 0. The van der Waals surface area contributed by atoms with Gasteiger partial charge in [0, 0.05) is 23.7 Å². The minimum absolute atomic E-state index is 0.0844. The highest BCUT2D eigenvalue weighted by Crippen LogP contribution is 2.52. The molecular weight excluding hydrogens is 528 g/mol. The standard InChI is InChI=1S/C44H40/c1-9-29-21-19-25-37(31(29)11-3)38-27-28-42(34(14-6)33(38)13-5)44-36(16-8)35(15-7)43(40-23-17-18-24-41(40)44)39-26-20-22-30(10-2)32(39)12-4/h9-28,30,32,40-41H,1-8H2. The van der Waals surface area contributed by atoms with E-state index in [0.717, 1.165) is 50.1 Å². The van der Waals surface area contributed by atoms with Crippen molar-refractivity contribution in [2.45, 2.75) is 0 Å². The molecule has 0 bridgehead atoms. The quantitative estimate of drug-likeness (QED) is 0.237. The lowest BCUT2D eigenvalue weighted by Gasteiger charge is -2.40. The SMILES string of the molecule is C=CC1=C(C2=CC=CC(C=C)C2C=C)C2C=CC=CC2C(c2ccc(-c3cccc(C=C)c3C=C)c(C=C)c2C=C)=C1C=C. The van der Waals surface area contributed by atoms with Gasteiger partial charge in [-0.05, 0) is 66.8 Å². The molecule has 216 valence electrons. The lowest BCUT2D eigenvalue weighted by Crippen LogP contribution is -2.28. The molecule has 0 saturated carbocycles. The summed E-state index contributed by atoms with van der Waals surface area (Å²) in [5.74, 6) is 0.496. The van der Waals surface area contributed by atoms with Gasteiger partial charge in [0.15, 0.2) is 0 Å². The summed E-state index contributed by atoms with van der Waals surface area (Å²) >= 11 is 0. The monoisotopic (exact) mass is 568 g/mol. The van der Waals surface area contributed by atoms with Gasteiger partial charge in [-0.2, -0.15) is 0 Å². The van der Waals surface area contributed by atoms with E-state index in [1.807, 2.05) is 48.6 Å². The molecule has 44 heavy (non-hydrogen) atoms. The van der Waals surface area contributed by atoms with Gasteiger partial charge < -0.3 is 0 Å². The number of hydrogen-bond donors (Lipinski definition) is 0. The molecule has 2 aromatic rings. The lowest BCUT2D eigenvalue weighted by atomic mass is 9.63. The highest BCUT2D eigenvalue weighted by atomic mass is 14.4. The Kier molecular flexibility index (Phi) is 8.93. The van der Waals surface area contributed by atoms with Crippen LogP contribution in [0.1, 0.15) is 27.8 Å². The zero-order valence-corrected chi connectivity index (χ0v) is 25.5. The summed E-state index contributed by atoms with van der Waals surface area (Å²) in [5.41, 5.74) is 13.3. The molecule has 3 aliphatic carbocycles. The van der Waals surface area contributed by atoms with Gasteiger partial charge in [-0.1, -0.05) is 161 Å². The average Bonchev–Trinajstić information content (AvgIpc) is 3.08. The van der Waals surface area contributed by atoms with Gasteiger partial charge in [-0.15, -0.1) is 13.2 Å². The molecule has 4 atom stereocenters. The van der Waals surface area contributed by atoms with Crippen LogP contribution in [0.5, 0.6) is 0 Å². The molecule has 0 saturated heterocycles. The summed E-state index contributed by atoms with van der Waals surface area (Å²) in [4.78, 5) is 0. The van der Waals surface area contributed by atoms with Crippen molar-refractivity contribution in [3.8, 4) is 11.1 Å². The lowest BCUT2D eigenvalue weighted by molar-refractivity contribution is 0.581. The highest BCUT2D eigenvalue weighted by molar-refractivity contribution is 5.93. The maximum Gasteiger partial charge on any atom is 0.0137 e. The first kappa shape index (κ1) is 30.3. The van der Waals surface area contributed by atoms with Crippen molar-refractivity contribution in [1.82, 2.24) is 0 Å². The van der Waals surface area contributed by atoms with Gasteiger partial charge in [-0.3, -0.25) is 0 Å². The van der Waals surface area contributed by atoms with E-state index < -0.39 is 0 Å². The Labute approximate surface area is 263 Å². The number of rotatable bonds is 11. The summed E-state index contributed by atoms with van der Waals surface area (Å²) in [6.07, 6.45) is 31.2. The first-order valence-electron chi connectivity index (χ1n) is 15.1. The Morgan fingerprint density at radius 1 is 0.500 bits per heavy atom. The smallest absolute Gasteiger partial charge is 0.0137 e. The summed E-state index contributed by atoms with van der Waals surface area (Å²) in [6, 6.07) is 10.7. The topological polar surface area (TPSA) is 0 Å². The van der Waals surface area contributed by atoms with Gasteiger partial charge in [0.2, 0.25) is 0 Å². The van der Waals surface area contributed by atoms with Crippen LogP contribution >= 0.6 is 0 Å². The average molecular weight is 569 g/mol. The van der Waals surface area contributed by atoms with Crippen molar-refractivity contribution < 1.29 is 0 Å². The second-order valence-electron chi connectivity index (χ2n) is 11.1. The molecule has 0 heteroatoms. The van der Waals surface area contributed by atoms with Crippen LogP contribution in [-0.4, -0.2) is 0 Å². The fraction of sp³-hybridized carbons (Fsp3) is 0.0909. The first-order chi connectivity index (χ1) is 21.5. The molecule has 5 rings (SSSR count). The molecule has 0 fully saturated rings. The molecule has 0 heterocycles. The van der Waals surface area contributed by atoms with E-state index in [2.05, 4.69) is 125 Å². The Bertz CT molecular complexity index is 1800. The summed E-state index contributed by atoms with van der Waals surface area (Å²) < 4.78 is 0. The van der Waals surface area contributed by atoms with Crippen LogP contribution in [0.4, 0.5) is 0 Å². The van der Waals surface area contributed by atoms with Gasteiger partial charge >= 0.3 is 0 Å². The van der Waals surface area contributed by atoms with E-state index >= 15 is 0 Å². The molecule has 4 unspecified atom stereocenters. The highest BCUT2D eigenvalue weighted by Gasteiger charge is 2.39. The molecular formula is C44H40. The normalized spacial score (nSPS) is 22.0. The van der Waals surface area contributed by atoms with E-state index in [1.54, 1.807) is 0 Å². The Hall–Kier alpha value is -5.20. The van der Waals surface area contributed by atoms with Gasteiger partial charge in [0.1, 0.15) is 0 Å².